The highest BCUT2D eigenvalue weighted by Gasteiger charge is 2.15. The summed E-state index contributed by atoms with van der Waals surface area (Å²) in [6.45, 7) is 3.94. The number of pyridine rings is 1. The van der Waals surface area contributed by atoms with E-state index in [1.807, 2.05) is 55.6 Å². The molecule has 170 valence electrons. The van der Waals surface area contributed by atoms with E-state index in [-0.39, 0.29) is 12.3 Å². The van der Waals surface area contributed by atoms with Crippen LogP contribution in [0.15, 0.2) is 53.9 Å². The second-order valence-electron chi connectivity index (χ2n) is 7.86. The Morgan fingerprint density at radius 3 is 2.45 bits per heavy atom. The molecule has 0 atom stereocenters. The Balaban J connectivity index is 1.48. The molecule has 0 saturated carbocycles. The fraction of sp³-hybridized carbons (Fsp3) is 0.208. The Morgan fingerprint density at radius 2 is 1.76 bits per heavy atom. The molecule has 4 aromatic rings. The first-order valence-corrected chi connectivity index (χ1v) is 13.0. The summed E-state index contributed by atoms with van der Waals surface area (Å²) in [5.74, 6) is -0.149. The summed E-state index contributed by atoms with van der Waals surface area (Å²) in [6.07, 6.45) is 1.38. The number of nitrogens with one attached hydrogen (secondary N) is 1. The number of para-hydroxylation sites is 1. The Bertz CT molecular complexity index is 1440. The summed E-state index contributed by atoms with van der Waals surface area (Å²) < 4.78 is 24.6. The van der Waals surface area contributed by atoms with Crippen LogP contribution in [-0.2, 0) is 21.2 Å². The number of carbonyl (C=O) groups is 1. The van der Waals surface area contributed by atoms with Gasteiger partial charge in [-0.05, 0) is 43.2 Å². The molecule has 0 aliphatic carbocycles. The minimum absolute atomic E-state index is 0.149. The number of carbonyl (C=O) groups excluding carboxylic acids is 1. The average molecular weight is 481 g/mol. The number of hydrogen-bond acceptors (Lipinski definition) is 6. The number of thiazole rings is 1. The van der Waals surface area contributed by atoms with E-state index in [2.05, 4.69) is 15.3 Å². The van der Waals surface area contributed by atoms with Crippen molar-refractivity contribution in [2.24, 2.45) is 0 Å². The van der Waals surface area contributed by atoms with Gasteiger partial charge >= 0.3 is 0 Å². The lowest BCUT2D eigenvalue weighted by atomic mass is 9.99. The Labute approximate surface area is 197 Å². The van der Waals surface area contributed by atoms with Crippen LogP contribution in [0.3, 0.4) is 0 Å². The van der Waals surface area contributed by atoms with Gasteiger partial charge in [-0.2, -0.15) is 0 Å². The van der Waals surface area contributed by atoms with Crippen molar-refractivity contribution in [2.75, 3.05) is 22.9 Å². The van der Waals surface area contributed by atoms with Crippen LogP contribution < -0.4 is 9.62 Å². The molecule has 33 heavy (non-hydrogen) atoms. The summed E-state index contributed by atoms with van der Waals surface area (Å²) in [6, 6.07) is 15.0. The molecule has 0 saturated heterocycles. The smallest absolute Gasteiger partial charge is 0.231 e. The average Bonchev–Trinajstić information content (AvgIpc) is 3.24. The van der Waals surface area contributed by atoms with Gasteiger partial charge in [-0.25, -0.2) is 13.4 Å². The first-order chi connectivity index (χ1) is 15.6. The highest BCUT2D eigenvalue weighted by Crippen LogP contribution is 2.28. The monoisotopic (exact) mass is 480 g/mol. The molecule has 2 aromatic heterocycles. The Morgan fingerprint density at radius 1 is 1.06 bits per heavy atom. The molecule has 0 aliphatic rings. The second-order valence-corrected chi connectivity index (χ2v) is 10.7. The van der Waals surface area contributed by atoms with Crippen LogP contribution in [0.4, 0.5) is 10.8 Å². The van der Waals surface area contributed by atoms with Crippen molar-refractivity contribution < 1.29 is 13.2 Å². The van der Waals surface area contributed by atoms with Crippen LogP contribution in [0, 0.1) is 13.8 Å². The van der Waals surface area contributed by atoms with Gasteiger partial charge in [0, 0.05) is 29.1 Å². The number of benzene rings is 2. The van der Waals surface area contributed by atoms with Crippen LogP contribution in [0.1, 0.15) is 16.8 Å². The number of anilines is 2. The van der Waals surface area contributed by atoms with E-state index in [1.54, 1.807) is 12.1 Å². The number of hydrogen-bond donors (Lipinski definition) is 1. The van der Waals surface area contributed by atoms with Gasteiger partial charge in [-0.1, -0.05) is 30.3 Å². The molecular weight excluding hydrogens is 456 g/mol. The van der Waals surface area contributed by atoms with Gasteiger partial charge < -0.3 is 5.32 Å². The van der Waals surface area contributed by atoms with E-state index >= 15 is 0 Å². The van der Waals surface area contributed by atoms with Crippen LogP contribution in [0.5, 0.6) is 0 Å². The molecule has 7 nitrogen and oxygen atoms in total. The number of fused-ring (bicyclic) bond motifs is 1. The Kier molecular flexibility index (Phi) is 6.18. The fourth-order valence-electron chi connectivity index (χ4n) is 3.65. The number of amides is 1. The maximum atomic E-state index is 12.7. The zero-order valence-electron chi connectivity index (χ0n) is 18.8. The molecule has 0 aliphatic heterocycles. The highest BCUT2D eigenvalue weighted by atomic mass is 32.2. The van der Waals surface area contributed by atoms with E-state index in [0.29, 0.717) is 16.5 Å². The molecule has 0 fully saturated rings. The van der Waals surface area contributed by atoms with Gasteiger partial charge in [-0.3, -0.25) is 14.1 Å². The summed E-state index contributed by atoms with van der Waals surface area (Å²) in [7, 11) is -1.81. The van der Waals surface area contributed by atoms with Gasteiger partial charge in [0.15, 0.2) is 5.13 Å². The summed E-state index contributed by atoms with van der Waals surface area (Å²) >= 11 is 1.34. The molecule has 2 aromatic carbocycles. The lowest BCUT2D eigenvalue weighted by Crippen LogP contribution is -2.24. The number of aryl methyl sites for hydroxylation is 2. The van der Waals surface area contributed by atoms with Crippen molar-refractivity contribution in [2.45, 2.75) is 20.3 Å². The van der Waals surface area contributed by atoms with Crippen LogP contribution in [0.2, 0.25) is 0 Å². The predicted molar refractivity (Wildman–Crippen MR) is 134 cm³/mol. The number of rotatable bonds is 6. The van der Waals surface area contributed by atoms with Gasteiger partial charge in [0.25, 0.3) is 0 Å². The van der Waals surface area contributed by atoms with Gasteiger partial charge in [-0.15, -0.1) is 11.3 Å². The molecule has 0 unspecified atom stereocenters. The fourth-order valence-corrected chi connectivity index (χ4v) is 4.89. The number of nitrogens with zero attached hydrogens (tertiary/aromatic N) is 3. The SMILES string of the molecule is Cc1nc2ccccc2c(C)c1CC(=O)Nc1nc(-c2ccc(N(C)S(C)(=O)=O)cc2)cs1. The van der Waals surface area contributed by atoms with E-state index in [9.17, 15) is 13.2 Å². The maximum absolute atomic E-state index is 12.7. The van der Waals surface area contributed by atoms with E-state index in [0.717, 1.165) is 39.5 Å². The molecule has 0 bridgehead atoms. The lowest BCUT2D eigenvalue weighted by molar-refractivity contribution is -0.115. The third kappa shape index (κ3) is 4.89. The zero-order chi connectivity index (χ0) is 23.8. The molecule has 1 N–H and O–H groups in total. The van der Waals surface area contributed by atoms with Gasteiger partial charge in [0.05, 0.1) is 29.6 Å². The third-order valence-electron chi connectivity index (χ3n) is 5.60. The van der Waals surface area contributed by atoms with E-state index in [4.69, 9.17) is 0 Å². The van der Waals surface area contributed by atoms with E-state index in [1.165, 1.54) is 22.7 Å². The van der Waals surface area contributed by atoms with Crippen LogP contribution in [-0.4, -0.2) is 37.6 Å². The minimum Gasteiger partial charge on any atom is -0.302 e. The van der Waals surface area contributed by atoms with Crippen molar-refractivity contribution in [3.63, 3.8) is 0 Å². The van der Waals surface area contributed by atoms with Crippen molar-refractivity contribution in [1.29, 1.82) is 0 Å². The first kappa shape index (κ1) is 22.9. The van der Waals surface area contributed by atoms with E-state index < -0.39 is 10.0 Å². The van der Waals surface area contributed by atoms with Crippen LogP contribution >= 0.6 is 11.3 Å². The number of aromatic nitrogens is 2. The maximum Gasteiger partial charge on any atom is 0.231 e. The standard InChI is InChI=1S/C24H24N4O3S2/c1-15-19-7-5-6-8-21(19)25-16(2)20(15)13-23(29)27-24-26-22(14-32-24)17-9-11-18(12-10-17)28(3)33(4,30)31/h5-12,14H,13H2,1-4H3,(H,26,27,29). The first-order valence-electron chi connectivity index (χ1n) is 10.3. The Hall–Kier alpha value is -3.30. The molecule has 1 amide bonds. The summed E-state index contributed by atoms with van der Waals surface area (Å²) in [5, 5.41) is 6.30. The van der Waals surface area contributed by atoms with Crippen molar-refractivity contribution in [3.8, 4) is 11.3 Å². The van der Waals surface area contributed by atoms with Gasteiger partial charge in [0.1, 0.15) is 0 Å². The quantitative estimate of drug-likeness (QED) is 0.437. The molecule has 9 heteroatoms. The molecule has 2 heterocycles. The predicted octanol–water partition coefficient (Wildman–Crippen LogP) is 4.55. The largest absolute Gasteiger partial charge is 0.302 e. The topological polar surface area (TPSA) is 92.3 Å². The zero-order valence-corrected chi connectivity index (χ0v) is 20.4. The number of sulfonamides is 1. The highest BCUT2D eigenvalue weighted by molar-refractivity contribution is 7.92. The van der Waals surface area contributed by atoms with Crippen molar-refractivity contribution in [3.05, 3.63) is 70.7 Å². The third-order valence-corrected chi connectivity index (χ3v) is 7.56. The molecule has 4 rings (SSSR count). The normalized spacial score (nSPS) is 11.5. The van der Waals surface area contributed by atoms with Crippen molar-refractivity contribution >= 4 is 49.0 Å². The minimum atomic E-state index is -3.32. The van der Waals surface area contributed by atoms with Crippen molar-refractivity contribution in [1.82, 2.24) is 9.97 Å². The molecule has 0 spiro atoms. The second kappa shape index (κ2) is 8.92. The summed E-state index contributed by atoms with van der Waals surface area (Å²) in [5.41, 5.74) is 5.88. The van der Waals surface area contributed by atoms with Gasteiger partial charge in [0.2, 0.25) is 15.9 Å². The molecular formula is C24H24N4O3S2. The lowest BCUT2D eigenvalue weighted by Gasteiger charge is -2.16. The summed E-state index contributed by atoms with van der Waals surface area (Å²) in [4.78, 5) is 21.9. The van der Waals surface area contributed by atoms with Crippen LogP contribution in [0.25, 0.3) is 22.2 Å². The molecule has 0 radical (unpaired) electrons.